The van der Waals surface area contributed by atoms with Crippen molar-refractivity contribution in [3.05, 3.63) is 29.8 Å². The number of para-hydroxylation sites is 1. The molecule has 1 aromatic carbocycles. The molecule has 0 aliphatic carbocycles. The Morgan fingerprint density at radius 2 is 2.00 bits per heavy atom. The van der Waals surface area contributed by atoms with E-state index in [-0.39, 0.29) is 12.6 Å². The number of benzene rings is 1. The smallest absolute Gasteiger partial charge is 0.123 e. The molecular formula is C15H26N2O2. The molecule has 0 aliphatic heterocycles. The van der Waals surface area contributed by atoms with E-state index in [1.165, 1.54) is 0 Å². The van der Waals surface area contributed by atoms with Crippen LogP contribution < -0.4 is 10.5 Å². The third-order valence-corrected chi connectivity index (χ3v) is 3.42. The van der Waals surface area contributed by atoms with Gasteiger partial charge in [0, 0.05) is 18.7 Å². The summed E-state index contributed by atoms with van der Waals surface area (Å²) >= 11 is 0. The summed E-state index contributed by atoms with van der Waals surface area (Å²) in [5.41, 5.74) is 7.06. The lowest BCUT2D eigenvalue weighted by Crippen LogP contribution is -2.31. The van der Waals surface area contributed by atoms with E-state index < -0.39 is 0 Å². The first kappa shape index (κ1) is 16.0. The average molecular weight is 266 g/mol. The van der Waals surface area contributed by atoms with Crippen molar-refractivity contribution in [3.8, 4) is 5.75 Å². The van der Waals surface area contributed by atoms with Gasteiger partial charge in [-0.15, -0.1) is 0 Å². The maximum absolute atomic E-state index is 8.78. The van der Waals surface area contributed by atoms with Gasteiger partial charge in [0.25, 0.3) is 0 Å². The number of nitrogens with zero attached hydrogens (tertiary/aromatic N) is 1. The number of aliphatic hydroxyl groups excluding tert-OH is 1. The molecule has 1 rings (SSSR count). The second-order valence-corrected chi connectivity index (χ2v) is 4.76. The Balaban J connectivity index is 2.65. The van der Waals surface area contributed by atoms with Crippen LogP contribution >= 0.6 is 0 Å². The summed E-state index contributed by atoms with van der Waals surface area (Å²) in [4.78, 5) is 2.26. The van der Waals surface area contributed by atoms with Crippen LogP contribution in [0.15, 0.2) is 24.3 Å². The Morgan fingerprint density at radius 1 is 1.26 bits per heavy atom. The first-order chi connectivity index (χ1) is 9.24. The molecule has 0 fully saturated rings. The minimum Gasteiger partial charge on any atom is -0.496 e. The monoisotopic (exact) mass is 266 g/mol. The predicted octanol–water partition coefficient (Wildman–Crippen LogP) is 1.79. The zero-order valence-corrected chi connectivity index (χ0v) is 12.0. The Hall–Kier alpha value is -1.10. The van der Waals surface area contributed by atoms with Crippen molar-refractivity contribution in [1.82, 2.24) is 4.90 Å². The van der Waals surface area contributed by atoms with E-state index >= 15 is 0 Å². The molecule has 0 spiro atoms. The van der Waals surface area contributed by atoms with Crippen LogP contribution in [-0.2, 0) is 0 Å². The second-order valence-electron chi connectivity index (χ2n) is 4.76. The van der Waals surface area contributed by atoms with Gasteiger partial charge in [-0.25, -0.2) is 0 Å². The van der Waals surface area contributed by atoms with Gasteiger partial charge in [0.15, 0.2) is 0 Å². The first-order valence-corrected chi connectivity index (χ1v) is 6.88. The molecule has 108 valence electrons. The van der Waals surface area contributed by atoms with Gasteiger partial charge in [-0.2, -0.15) is 0 Å². The molecular weight excluding hydrogens is 240 g/mol. The van der Waals surface area contributed by atoms with Crippen LogP contribution in [0.3, 0.4) is 0 Å². The van der Waals surface area contributed by atoms with Crippen molar-refractivity contribution in [2.24, 2.45) is 5.73 Å². The van der Waals surface area contributed by atoms with E-state index in [0.717, 1.165) is 37.1 Å². The van der Waals surface area contributed by atoms with Gasteiger partial charge < -0.3 is 15.6 Å². The summed E-state index contributed by atoms with van der Waals surface area (Å²) < 4.78 is 5.41. The topological polar surface area (TPSA) is 58.7 Å². The number of likely N-dealkylation sites (N-methyl/N-ethyl adjacent to an activating group) is 1. The fourth-order valence-electron chi connectivity index (χ4n) is 2.29. The van der Waals surface area contributed by atoms with Gasteiger partial charge >= 0.3 is 0 Å². The Kier molecular flexibility index (Phi) is 7.48. The van der Waals surface area contributed by atoms with Crippen molar-refractivity contribution in [2.45, 2.75) is 25.3 Å². The molecule has 0 aliphatic rings. The van der Waals surface area contributed by atoms with Crippen LogP contribution in [0.2, 0.25) is 0 Å². The molecule has 4 heteroatoms. The summed E-state index contributed by atoms with van der Waals surface area (Å²) in [6.45, 7) is 1.81. The SMILES string of the molecule is COc1ccccc1C(CN)N(C)CCCCCO. The minimum absolute atomic E-state index is 0.172. The van der Waals surface area contributed by atoms with Crippen molar-refractivity contribution in [3.63, 3.8) is 0 Å². The zero-order valence-electron chi connectivity index (χ0n) is 12.0. The highest BCUT2D eigenvalue weighted by molar-refractivity contribution is 5.36. The van der Waals surface area contributed by atoms with Crippen LogP contribution in [0.5, 0.6) is 5.75 Å². The first-order valence-electron chi connectivity index (χ1n) is 6.88. The van der Waals surface area contributed by atoms with Crippen molar-refractivity contribution < 1.29 is 9.84 Å². The number of hydrogen-bond donors (Lipinski definition) is 2. The van der Waals surface area contributed by atoms with E-state index in [9.17, 15) is 0 Å². The molecule has 19 heavy (non-hydrogen) atoms. The number of rotatable bonds is 9. The number of methoxy groups -OCH3 is 1. The molecule has 0 radical (unpaired) electrons. The lowest BCUT2D eigenvalue weighted by Gasteiger charge is -2.28. The van der Waals surface area contributed by atoms with Crippen LogP contribution in [0.25, 0.3) is 0 Å². The van der Waals surface area contributed by atoms with Crippen LogP contribution in [0.1, 0.15) is 30.9 Å². The second kappa shape index (κ2) is 8.91. The Morgan fingerprint density at radius 3 is 2.63 bits per heavy atom. The Labute approximate surface area is 116 Å². The summed E-state index contributed by atoms with van der Waals surface area (Å²) in [5.74, 6) is 0.889. The quantitative estimate of drug-likeness (QED) is 0.669. The van der Waals surface area contributed by atoms with Gasteiger partial charge in [0.2, 0.25) is 0 Å². The van der Waals surface area contributed by atoms with Crippen LogP contribution in [-0.4, -0.2) is 43.9 Å². The summed E-state index contributed by atoms with van der Waals surface area (Å²) in [5, 5.41) is 8.78. The van der Waals surface area contributed by atoms with Crippen molar-refractivity contribution >= 4 is 0 Å². The highest BCUT2D eigenvalue weighted by Gasteiger charge is 2.18. The maximum Gasteiger partial charge on any atom is 0.123 e. The molecule has 0 saturated carbocycles. The van der Waals surface area contributed by atoms with Gasteiger partial charge in [-0.1, -0.05) is 18.2 Å². The maximum atomic E-state index is 8.78. The standard InChI is InChI=1S/C15H26N2O2/c1-17(10-6-3-7-11-18)14(12-16)13-8-4-5-9-15(13)19-2/h4-5,8-9,14,18H,3,6-7,10-12,16H2,1-2H3. The third kappa shape index (κ3) is 4.82. The number of hydrogen-bond acceptors (Lipinski definition) is 4. The van der Waals surface area contributed by atoms with Gasteiger partial charge in [0.1, 0.15) is 5.75 Å². The molecule has 0 saturated heterocycles. The van der Waals surface area contributed by atoms with Crippen molar-refractivity contribution in [1.29, 1.82) is 0 Å². The summed E-state index contributed by atoms with van der Waals surface area (Å²) in [6, 6.07) is 8.19. The van der Waals surface area contributed by atoms with E-state index in [4.69, 9.17) is 15.6 Å². The lowest BCUT2D eigenvalue weighted by molar-refractivity contribution is 0.232. The molecule has 0 bridgehead atoms. The number of aliphatic hydroxyl groups is 1. The van der Waals surface area contributed by atoms with E-state index in [1.54, 1.807) is 7.11 Å². The number of ether oxygens (including phenoxy) is 1. The van der Waals surface area contributed by atoms with E-state index in [2.05, 4.69) is 18.0 Å². The van der Waals surface area contributed by atoms with Gasteiger partial charge in [0.05, 0.1) is 13.2 Å². The van der Waals surface area contributed by atoms with Gasteiger partial charge in [-0.05, 0) is 38.9 Å². The predicted molar refractivity (Wildman–Crippen MR) is 78.4 cm³/mol. The fraction of sp³-hybridized carbons (Fsp3) is 0.600. The third-order valence-electron chi connectivity index (χ3n) is 3.42. The summed E-state index contributed by atoms with van der Waals surface area (Å²) in [6.07, 6.45) is 2.99. The molecule has 4 nitrogen and oxygen atoms in total. The number of unbranched alkanes of at least 4 members (excludes halogenated alkanes) is 2. The molecule has 1 atom stereocenters. The normalized spacial score (nSPS) is 12.7. The molecule has 0 aromatic heterocycles. The fourth-order valence-corrected chi connectivity index (χ4v) is 2.29. The molecule has 1 aromatic rings. The highest BCUT2D eigenvalue weighted by Crippen LogP contribution is 2.27. The summed E-state index contributed by atoms with van der Waals surface area (Å²) in [7, 11) is 3.77. The molecule has 1 unspecified atom stereocenters. The zero-order chi connectivity index (χ0) is 14.1. The van der Waals surface area contributed by atoms with E-state index in [0.29, 0.717) is 6.54 Å². The number of nitrogens with two attached hydrogens (primary N) is 1. The minimum atomic E-state index is 0.172. The van der Waals surface area contributed by atoms with E-state index in [1.807, 2.05) is 18.2 Å². The van der Waals surface area contributed by atoms with Crippen molar-refractivity contribution in [2.75, 3.05) is 33.9 Å². The molecule has 0 heterocycles. The largest absolute Gasteiger partial charge is 0.496 e. The average Bonchev–Trinajstić information content (AvgIpc) is 2.45. The lowest BCUT2D eigenvalue weighted by atomic mass is 10.0. The van der Waals surface area contributed by atoms with Crippen LogP contribution in [0.4, 0.5) is 0 Å². The Bertz CT molecular complexity index is 358. The van der Waals surface area contributed by atoms with Gasteiger partial charge in [-0.3, -0.25) is 4.90 Å². The van der Waals surface area contributed by atoms with Crippen LogP contribution in [0, 0.1) is 0 Å². The highest BCUT2D eigenvalue weighted by atomic mass is 16.5. The molecule has 0 amide bonds. The molecule has 3 N–H and O–H groups in total.